The molecule has 0 heterocycles. The van der Waals surface area contributed by atoms with E-state index in [4.69, 9.17) is 4.74 Å². The Kier molecular flexibility index (Phi) is 4.88. The lowest BCUT2D eigenvalue weighted by Gasteiger charge is -2.17. The van der Waals surface area contributed by atoms with Crippen LogP contribution >= 0.6 is 0 Å². The van der Waals surface area contributed by atoms with Gasteiger partial charge in [0.2, 0.25) is 10.0 Å². The molecule has 0 aliphatic carbocycles. The molecule has 1 atom stereocenters. The number of aryl methyl sites for hydroxylation is 2. The second kappa shape index (κ2) is 6.50. The third kappa shape index (κ3) is 3.48. The van der Waals surface area contributed by atoms with E-state index in [0.717, 1.165) is 11.1 Å². The quantitative estimate of drug-likeness (QED) is 0.919. The van der Waals surface area contributed by atoms with Crippen molar-refractivity contribution < 1.29 is 13.2 Å². The number of rotatable bonds is 5. The minimum atomic E-state index is -3.62. The molecule has 1 N–H and O–H groups in total. The molecule has 0 radical (unpaired) electrons. The number of nitrogens with one attached hydrogen (secondary N) is 1. The summed E-state index contributed by atoms with van der Waals surface area (Å²) >= 11 is 0. The summed E-state index contributed by atoms with van der Waals surface area (Å²) in [6, 6.07) is 12.6. The molecule has 5 heteroatoms. The van der Waals surface area contributed by atoms with Gasteiger partial charge in [-0.2, -0.15) is 0 Å². The number of sulfonamides is 1. The average molecular weight is 319 g/mol. The molecule has 2 aromatic rings. The Labute approximate surface area is 132 Å². The zero-order chi connectivity index (χ0) is 16.3. The van der Waals surface area contributed by atoms with Gasteiger partial charge < -0.3 is 4.74 Å². The first-order valence-corrected chi connectivity index (χ1v) is 8.56. The second-order valence-electron chi connectivity index (χ2n) is 5.34. The third-order valence-electron chi connectivity index (χ3n) is 3.61. The molecule has 0 aliphatic rings. The maximum Gasteiger partial charge on any atom is 0.241 e. The van der Waals surface area contributed by atoms with E-state index in [1.165, 1.54) is 7.11 Å². The standard InChI is InChI=1S/C17H21NO3S/c1-12-10-13(2)17(11-16(12)21-4)22(19,20)18-14(3)15-8-6-5-7-9-15/h5-11,14,18H,1-4H3/t14-/m1/s1. The van der Waals surface area contributed by atoms with Crippen LogP contribution in [0.3, 0.4) is 0 Å². The lowest BCUT2D eigenvalue weighted by molar-refractivity contribution is 0.410. The number of hydrogen-bond donors (Lipinski definition) is 1. The smallest absolute Gasteiger partial charge is 0.241 e. The Morgan fingerprint density at radius 2 is 1.68 bits per heavy atom. The first-order valence-electron chi connectivity index (χ1n) is 7.07. The van der Waals surface area contributed by atoms with Crippen molar-refractivity contribution >= 4 is 10.0 Å². The SMILES string of the molecule is COc1cc(S(=O)(=O)N[C@H](C)c2ccccc2)c(C)cc1C. The lowest BCUT2D eigenvalue weighted by Crippen LogP contribution is -2.27. The molecule has 0 bridgehead atoms. The van der Waals surface area contributed by atoms with Gasteiger partial charge in [-0.1, -0.05) is 36.4 Å². The Morgan fingerprint density at radius 3 is 2.27 bits per heavy atom. The van der Waals surface area contributed by atoms with Crippen molar-refractivity contribution in [3.63, 3.8) is 0 Å². The molecule has 0 amide bonds. The summed E-state index contributed by atoms with van der Waals surface area (Å²) < 4.78 is 33.2. The summed E-state index contributed by atoms with van der Waals surface area (Å²) in [5.74, 6) is 0.568. The molecular formula is C17H21NO3S. The molecule has 0 aliphatic heterocycles. The first kappa shape index (κ1) is 16.5. The van der Waals surface area contributed by atoms with E-state index < -0.39 is 10.0 Å². The van der Waals surface area contributed by atoms with Gasteiger partial charge >= 0.3 is 0 Å². The molecule has 0 saturated carbocycles. The van der Waals surface area contributed by atoms with E-state index in [1.807, 2.05) is 50.2 Å². The van der Waals surface area contributed by atoms with Crippen molar-refractivity contribution in [3.8, 4) is 5.75 Å². The fourth-order valence-electron chi connectivity index (χ4n) is 2.43. The molecule has 0 aromatic heterocycles. The molecule has 4 nitrogen and oxygen atoms in total. The van der Waals surface area contributed by atoms with Crippen LogP contribution in [0.25, 0.3) is 0 Å². The normalized spacial score (nSPS) is 12.9. The van der Waals surface area contributed by atoms with Crippen LogP contribution in [-0.4, -0.2) is 15.5 Å². The Bertz CT molecular complexity index is 755. The van der Waals surface area contributed by atoms with E-state index in [2.05, 4.69) is 4.72 Å². The summed E-state index contributed by atoms with van der Waals surface area (Å²) in [5, 5.41) is 0. The monoisotopic (exact) mass is 319 g/mol. The highest BCUT2D eigenvalue weighted by Crippen LogP contribution is 2.27. The van der Waals surface area contributed by atoms with Crippen molar-refractivity contribution in [1.82, 2.24) is 4.72 Å². The largest absolute Gasteiger partial charge is 0.496 e. The second-order valence-corrected chi connectivity index (χ2v) is 7.02. The molecule has 22 heavy (non-hydrogen) atoms. The average Bonchev–Trinajstić information content (AvgIpc) is 2.47. The van der Waals surface area contributed by atoms with Gasteiger partial charge in [-0.25, -0.2) is 13.1 Å². The summed E-state index contributed by atoms with van der Waals surface area (Å²) in [6.07, 6.45) is 0. The van der Waals surface area contributed by atoms with E-state index in [9.17, 15) is 8.42 Å². The van der Waals surface area contributed by atoms with Crippen LogP contribution in [0.4, 0.5) is 0 Å². The van der Waals surface area contributed by atoms with Crippen LogP contribution in [0.2, 0.25) is 0 Å². The Balaban J connectivity index is 2.35. The van der Waals surface area contributed by atoms with Crippen LogP contribution in [0, 0.1) is 13.8 Å². The molecule has 0 spiro atoms. The first-order chi connectivity index (χ1) is 10.3. The molecular weight excluding hydrogens is 298 g/mol. The highest BCUT2D eigenvalue weighted by molar-refractivity contribution is 7.89. The van der Waals surface area contributed by atoms with Crippen molar-refractivity contribution in [1.29, 1.82) is 0 Å². The summed E-state index contributed by atoms with van der Waals surface area (Å²) in [7, 11) is -2.08. The predicted molar refractivity (Wildman–Crippen MR) is 87.6 cm³/mol. The minimum absolute atomic E-state index is 0.248. The van der Waals surface area contributed by atoms with Crippen molar-refractivity contribution in [2.24, 2.45) is 0 Å². The van der Waals surface area contributed by atoms with Crippen LogP contribution in [0.15, 0.2) is 47.4 Å². The topological polar surface area (TPSA) is 55.4 Å². The van der Waals surface area contributed by atoms with Crippen LogP contribution < -0.4 is 9.46 Å². The van der Waals surface area contributed by atoms with E-state index in [0.29, 0.717) is 11.3 Å². The van der Waals surface area contributed by atoms with Crippen LogP contribution in [-0.2, 0) is 10.0 Å². The number of hydrogen-bond acceptors (Lipinski definition) is 3. The fourth-order valence-corrected chi connectivity index (χ4v) is 3.90. The molecule has 2 rings (SSSR count). The number of methoxy groups -OCH3 is 1. The van der Waals surface area contributed by atoms with Gasteiger partial charge in [0, 0.05) is 12.1 Å². The maximum absolute atomic E-state index is 12.6. The van der Waals surface area contributed by atoms with Crippen molar-refractivity contribution in [3.05, 3.63) is 59.2 Å². The van der Waals surface area contributed by atoms with E-state index in [-0.39, 0.29) is 10.9 Å². The van der Waals surface area contributed by atoms with E-state index >= 15 is 0 Å². The summed E-state index contributed by atoms with van der Waals surface area (Å²) in [6.45, 7) is 5.50. The van der Waals surface area contributed by atoms with Gasteiger partial charge in [-0.3, -0.25) is 0 Å². The lowest BCUT2D eigenvalue weighted by atomic mass is 10.1. The zero-order valence-electron chi connectivity index (χ0n) is 13.3. The van der Waals surface area contributed by atoms with Gasteiger partial charge in [-0.05, 0) is 37.5 Å². The Hall–Kier alpha value is -1.85. The van der Waals surface area contributed by atoms with Gasteiger partial charge in [0.1, 0.15) is 5.75 Å². The van der Waals surface area contributed by atoms with Gasteiger partial charge in [0.05, 0.1) is 12.0 Å². The Morgan fingerprint density at radius 1 is 1.05 bits per heavy atom. The molecule has 0 saturated heterocycles. The fraction of sp³-hybridized carbons (Fsp3) is 0.294. The molecule has 2 aromatic carbocycles. The van der Waals surface area contributed by atoms with Gasteiger partial charge in [0.15, 0.2) is 0 Å². The van der Waals surface area contributed by atoms with Gasteiger partial charge in [-0.15, -0.1) is 0 Å². The molecule has 0 unspecified atom stereocenters. The molecule has 0 fully saturated rings. The number of ether oxygens (including phenoxy) is 1. The molecule has 118 valence electrons. The van der Waals surface area contributed by atoms with Crippen molar-refractivity contribution in [2.45, 2.75) is 31.7 Å². The van der Waals surface area contributed by atoms with Crippen molar-refractivity contribution in [2.75, 3.05) is 7.11 Å². The summed E-state index contributed by atoms with van der Waals surface area (Å²) in [5.41, 5.74) is 2.53. The predicted octanol–water partition coefficient (Wildman–Crippen LogP) is 3.35. The zero-order valence-corrected chi connectivity index (χ0v) is 14.1. The number of benzene rings is 2. The summed E-state index contributed by atoms with van der Waals surface area (Å²) in [4.78, 5) is 0.248. The highest BCUT2D eigenvalue weighted by Gasteiger charge is 2.21. The van der Waals surface area contributed by atoms with Gasteiger partial charge in [0.25, 0.3) is 0 Å². The van der Waals surface area contributed by atoms with Crippen LogP contribution in [0.5, 0.6) is 5.75 Å². The minimum Gasteiger partial charge on any atom is -0.496 e. The highest BCUT2D eigenvalue weighted by atomic mass is 32.2. The van der Waals surface area contributed by atoms with E-state index in [1.54, 1.807) is 13.0 Å². The van der Waals surface area contributed by atoms with Crippen LogP contribution in [0.1, 0.15) is 29.7 Å². The third-order valence-corrected chi connectivity index (χ3v) is 5.30. The maximum atomic E-state index is 12.6.